The van der Waals surface area contributed by atoms with Gasteiger partial charge in [-0.15, -0.1) is 0 Å². The average molecular weight is 281 g/mol. The van der Waals surface area contributed by atoms with Gasteiger partial charge in [-0.2, -0.15) is 10.5 Å². The van der Waals surface area contributed by atoms with Gasteiger partial charge < -0.3 is 9.84 Å². The van der Waals surface area contributed by atoms with Crippen molar-refractivity contribution in [2.24, 2.45) is 0 Å². The van der Waals surface area contributed by atoms with Gasteiger partial charge in [-0.25, -0.2) is 0 Å². The zero-order valence-electron chi connectivity index (χ0n) is 10.5. The molecule has 0 radical (unpaired) electrons. The van der Waals surface area contributed by atoms with Crippen LogP contribution in [0.5, 0.6) is 17.2 Å². The average Bonchev–Trinajstić information content (AvgIpc) is 2.46. The number of nitro benzene ring substituents is 1. The van der Waals surface area contributed by atoms with E-state index in [1.807, 2.05) is 12.1 Å². The van der Waals surface area contributed by atoms with E-state index >= 15 is 0 Å². The van der Waals surface area contributed by atoms with Crippen molar-refractivity contribution in [3.63, 3.8) is 0 Å². The lowest BCUT2D eigenvalue weighted by atomic mass is 10.1. The summed E-state index contributed by atoms with van der Waals surface area (Å²) in [6.07, 6.45) is 0. The van der Waals surface area contributed by atoms with Gasteiger partial charge in [0.15, 0.2) is 5.75 Å². The van der Waals surface area contributed by atoms with Crippen LogP contribution >= 0.6 is 0 Å². The third-order valence-corrected chi connectivity index (χ3v) is 2.61. The number of nitro groups is 1. The number of ether oxygens (including phenoxy) is 1. The van der Waals surface area contributed by atoms with E-state index in [2.05, 4.69) is 0 Å². The molecule has 0 aliphatic heterocycles. The van der Waals surface area contributed by atoms with E-state index in [1.54, 1.807) is 0 Å². The molecule has 21 heavy (non-hydrogen) atoms. The molecule has 0 amide bonds. The van der Waals surface area contributed by atoms with Gasteiger partial charge in [0.2, 0.25) is 0 Å². The predicted molar refractivity (Wildman–Crippen MR) is 70.7 cm³/mol. The molecule has 2 rings (SSSR count). The third-order valence-electron chi connectivity index (χ3n) is 2.61. The Morgan fingerprint density at radius 2 is 1.67 bits per heavy atom. The second-order valence-electron chi connectivity index (χ2n) is 3.94. The first-order chi connectivity index (χ1) is 10.0. The summed E-state index contributed by atoms with van der Waals surface area (Å²) in [4.78, 5) is 9.87. The second kappa shape index (κ2) is 5.59. The Kier molecular flexibility index (Phi) is 3.69. The van der Waals surface area contributed by atoms with Gasteiger partial charge in [0, 0.05) is 12.1 Å². The molecule has 0 atom stereocenters. The SMILES string of the molecule is N#Cc1ccc(Oc2ccc([N+](=O)[O-])c(O)c2)cc1C#N. The number of hydrogen-bond acceptors (Lipinski definition) is 6. The van der Waals surface area contributed by atoms with E-state index in [0.717, 1.165) is 12.1 Å². The molecular weight excluding hydrogens is 274 g/mol. The minimum Gasteiger partial charge on any atom is -0.502 e. The maximum Gasteiger partial charge on any atom is 0.310 e. The lowest BCUT2D eigenvalue weighted by Gasteiger charge is -2.07. The van der Waals surface area contributed by atoms with Crippen molar-refractivity contribution in [2.45, 2.75) is 0 Å². The minimum absolute atomic E-state index is 0.154. The molecular formula is C14H7N3O4. The fraction of sp³-hybridized carbons (Fsp3) is 0. The van der Waals surface area contributed by atoms with Crippen molar-refractivity contribution < 1.29 is 14.8 Å². The Morgan fingerprint density at radius 3 is 2.24 bits per heavy atom. The van der Waals surface area contributed by atoms with Crippen LogP contribution in [-0.4, -0.2) is 10.0 Å². The van der Waals surface area contributed by atoms with Gasteiger partial charge in [0.05, 0.1) is 16.1 Å². The smallest absolute Gasteiger partial charge is 0.310 e. The Labute approximate surface area is 119 Å². The largest absolute Gasteiger partial charge is 0.502 e. The van der Waals surface area contributed by atoms with Crippen molar-refractivity contribution in [3.8, 4) is 29.4 Å². The van der Waals surface area contributed by atoms with Crippen molar-refractivity contribution in [1.82, 2.24) is 0 Å². The molecule has 0 aliphatic rings. The van der Waals surface area contributed by atoms with Crippen LogP contribution in [0.1, 0.15) is 11.1 Å². The summed E-state index contributed by atoms with van der Waals surface area (Å²) in [5.41, 5.74) is -0.0579. The summed E-state index contributed by atoms with van der Waals surface area (Å²) >= 11 is 0. The number of phenols is 1. The summed E-state index contributed by atoms with van der Waals surface area (Å²) in [7, 11) is 0. The number of nitriles is 2. The Hall–Kier alpha value is -3.58. The molecule has 7 heteroatoms. The third kappa shape index (κ3) is 2.88. The van der Waals surface area contributed by atoms with Crippen LogP contribution in [0.3, 0.4) is 0 Å². The summed E-state index contributed by atoms with van der Waals surface area (Å²) < 4.78 is 5.39. The highest BCUT2D eigenvalue weighted by molar-refractivity contribution is 5.52. The Morgan fingerprint density at radius 1 is 1.05 bits per heavy atom. The molecule has 2 aromatic rings. The molecule has 0 saturated carbocycles. The normalized spacial score (nSPS) is 9.43. The topological polar surface area (TPSA) is 120 Å². The van der Waals surface area contributed by atoms with Crippen LogP contribution in [0.2, 0.25) is 0 Å². The molecule has 0 bridgehead atoms. The molecule has 2 aromatic carbocycles. The van der Waals surface area contributed by atoms with Crippen molar-refractivity contribution in [2.75, 3.05) is 0 Å². The number of benzene rings is 2. The summed E-state index contributed by atoms with van der Waals surface area (Å²) in [6.45, 7) is 0. The number of rotatable bonds is 3. The van der Waals surface area contributed by atoms with Gasteiger partial charge in [0.1, 0.15) is 23.6 Å². The van der Waals surface area contributed by atoms with Crippen molar-refractivity contribution in [3.05, 3.63) is 57.6 Å². The van der Waals surface area contributed by atoms with Gasteiger partial charge in [-0.3, -0.25) is 10.1 Å². The Balaban J connectivity index is 2.31. The molecule has 0 unspecified atom stereocenters. The maximum atomic E-state index is 10.6. The number of aromatic hydroxyl groups is 1. The van der Waals surface area contributed by atoms with Gasteiger partial charge in [-0.05, 0) is 24.3 Å². The molecule has 7 nitrogen and oxygen atoms in total. The molecule has 0 aliphatic carbocycles. The molecule has 1 N–H and O–H groups in total. The number of nitrogens with zero attached hydrogens (tertiary/aromatic N) is 3. The van der Waals surface area contributed by atoms with Gasteiger partial charge in [-0.1, -0.05) is 0 Å². The fourth-order valence-electron chi connectivity index (χ4n) is 1.63. The highest BCUT2D eigenvalue weighted by Crippen LogP contribution is 2.32. The summed E-state index contributed by atoms with van der Waals surface area (Å²) in [5.74, 6) is -0.0721. The lowest BCUT2D eigenvalue weighted by molar-refractivity contribution is -0.385. The quantitative estimate of drug-likeness (QED) is 0.682. The summed E-state index contributed by atoms with van der Waals surface area (Å²) in [5, 5.41) is 37.8. The van der Waals surface area contributed by atoms with Gasteiger partial charge >= 0.3 is 5.69 Å². The van der Waals surface area contributed by atoms with Crippen molar-refractivity contribution in [1.29, 1.82) is 10.5 Å². The van der Waals surface area contributed by atoms with E-state index in [1.165, 1.54) is 24.3 Å². The summed E-state index contributed by atoms with van der Waals surface area (Å²) in [6, 6.07) is 11.6. The van der Waals surface area contributed by atoms with Crippen LogP contribution in [0.4, 0.5) is 5.69 Å². The van der Waals surface area contributed by atoms with Crippen molar-refractivity contribution >= 4 is 5.69 Å². The van der Waals surface area contributed by atoms with Gasteiger partial charge in [0.25, 0.3) is 0 Å². The van der Waals surface area contributed by atoms with Crippen LogP contribution in [0.15, 0.2) is 36.4 Å². The number of phenolic OH excluding ortho intramolecular Hbond substituents is 1. The van der Waals surface area contributed by atoms with E-state index in [0.29, 0.717) is 0 Å². The Bertz CT molecular complexity index is 803. The number of hydrogen-bond donors (Lipinski definition) is 1. The first-order valence-electron chi connectivity index (χ1n) is 5.64. The van der Waals surface area contributed by atoms with E-state index in [4.69, 9.17) is 15.3 Å². The molecule has 102 valence electrons. The monoisotopic (exact) mass is 281 g/mol. The van der Waals surface area contributed by atoms with Crippen LogP contribution in [-0.2, 0) is 0 Å². The molecule has 0 saturated heterocycles. The minimum atomic E-state index is -0.714. The lowest BCUT2D eigenvalue weighted by Crippen LogP contribution is -1.91. The zero-order valence-corrected chi connectivity index (χ0v) is 10.5. The van der Waals surface area contributed by atoms with Crippen LogP contribution < -0.4 is 4.74 Å². The molecule has 0 spiro atoms. The predicted octanol–water partition coefficient (Wildman–Crippen LogP) is 2.84. The molecule has 0 heterocycles. The molecule has 0 fully saturated rings. The molecule has 0 aromatic heterocycles. The van der Waals surface area contributed by atoms with E-state index in [9.17, 15) is 15.2 Å². The van der Waals surface area contributed by atoms with Crippen LogP contribution in [0, 0.1) is 32.8 Å². The van der Waals surface area contributed by atoms with E-state index in [-0.39, 0.29) is 22.6 Å². The van der Waals surface area contributed by atoms with Crippen LogP contribution in [0.25, 0.3) is 0 Å². The standard InChI is InChI=1S/C14H7N3O4/c15-7-9-1-2-11(5-10(9)8-16)21-12-3-4-13(17(19)20)14(18)6-12/h1-6,18H. The fourth-order valence-corrected chi connectivity index (χ4v) is 1.63. The highest BCUT2D eigenvalue weighted by Gasteiger charge is 2.14. The zero-order chi connectivity index (χ0) is 15.4. The highest BCUT2D eigenvalue weighted by atomic mass is 16.6. The second-order valence-corrected chi connectivity index (χ2v) is 3.94. The first-order valence-corrected chi connectivity index (χ1v) is 5.64. The van der Waals surface area contributed by atoms with E-state index < -0.39 is 16.4 Å². The first kappa shape index (κ1) is 13.8. The maximum absolute atomic E-state index is 10.6.